The molecule has 0 fully saturated rings. The number of rotatable bonds is 73. The summed E-state index contributed by atoms with van der Waals surface area (Å²) in [7, 11) is 0. The second-order valence-corrected chi connectivity index (χ2v) is 26.7. The van der Waals surface area contributed by atoms with Crippen LogP contribution >= 0.6 is 0 Å². The molecule has 0 bridgehead atoms. The highest BCUT2D eigenvalue weighted by Crippen LogP contribution is 2.19. The Hall–Kier alpha value is -2.18. The third-order valence-corrected chi connectivity index (χ3v) is 18.1. The van der Waals surface area contributed by atoms with Gasteiger partial charge in [-0.2, -0.15) is 0 Å². The zero-order valence-corrected chi connectivity index (χ0v) is 58.1. The van der Waals surface area contributed by atoms with E-state index in [0.29, 0.717) is 19.4 Å². The van der Waals surface area contributed by atoms with Gasteiger partial charge in [0, 0.05) is 12.8 Å². The van der Waals surface area contributed by atoms with E-state index in [-0.39, 0.29) is 18.5 Å². The van der Waals surface area contributed by atoms with E-state index in [1.807, 2.05) is 6.08 Å². The molecule has 2 unspecified atom stereocenters. The number of carbonyl (C=O) groups is 2. The second kappa shape index (κ2) is 75.3. The number of aliphatic hydroxyl groups is 2. The van der Waals surface area contributed by atoms with E-state index in [2.05, 4.69) is 55.6 Å². The number of hydrogen-bond donors (Lipinski definition) is 3. The lowest BCUT2D eigenvalue weighted by Gasteiger charge is -2.20. The number of allylic oxidation sites excluding steroid dienone is 7. The maximum absolute atomic E-state index is 12.6. The van der Waals surface area contributed by atoms with Gasteiger partial charge < -0.3 is 20.3 Å². The fraction of sp³-hybridized carbons (Fsp3) is 0.875. The van der Waals surface area contributed by atoms with E-state index < -0.39 is 12.1 Å². The molecule has 0 saturated heterocycles. The van der Waals surface area contributed by atoms with Gasteiger partial charge in [-0.25, -0.2) is 0 Å². The summed E-state index contributed by atoms with van der Waals surface area (Å²) in [5.41, 5.74) is 0. The van der Waals surface area contributed by atoms with Crippen molar-refractivity contribution in [3.8, 4) is 0 Å². The molecule has 86 heavy (non-hydrogen) atoms. The highest BCUT2D eigenvalue weighted by molar-refractivity contribution is 5.76. The molecule has 0 aliphatic rings. The van der Waals surface area contributed by atoms with E-state index in [4.69, 9.17) is 4.74 Å². The molecule has 6 nitrogen and oxygen atoms in total. The van der Waals surface area contributed by atoms with E-state index in [0.717, 1.165) is 51.4 Å². The number of amides is 1. The Morgan fingerprint density at radius 3 is 0.895 bits per heavy atom. The molecule has 0 heterocycles. The molecule has 0 rings (SSSR count). The van der Waals surface area contributed by atoms with Crippen LogP contribution in [0.5, 0.6) is 0 Å². The standard InChI is InChI=1S/C80H151NO5/c1-3-5-7-9-11-13-15-17-19-20-21-22-23-29-32-35-38-41-45-48-52-56-60-64-68-72-78(83)77(76-82)81-79(84)73-69-65-61-57-53-49-46-42-39-36-33-30-27-25-24-26-28-31-34-37-40-43-47-51-55-59-63-67-71-75-86-80(85)74-70-66-62-58-54-50-44-18-16-14-12-10-8-6-4-2/h18,24,26,31,34,44,68,72,77-78,82-83H,3-17,19-23,25,27-30,32-33,35-43,45-67,69-71,73-76H2,1-2H3,(H,81,84)/b26-24-,34-31-,44-18-,72-68+. The summed E-state index contributed by atoms with van der Waals surface area (Å²) in [5, 5.41) is 23.3. The molecule has 1 amide bonds. The van der Waals surface area contributed by atoms with Crippen molar-refractivity contribution in [2.75, 3.05) is 13.2 Å². The van der Waals surface area contributed by atoms with Crippen LogP contribution in [0.4, 0.5) is 0 Å². The lowest BCUT2D eigenvalue weighted by molar-refractivity contribution is -0.143. The Balaban J connectivity index is 3.43. The summed E-state index contributed by atoms with van der Waals surface area (Å²) in [6.07, 6.45) is 99.3. The van der Waals surface area contributed by atoms with Crippen LogP contribution in [0.15, 0.2) is 48.6 Å². The minimum Gasteiger partial charge on any atom is -0.466 e. The van der Waals surface area contributed by atoms with Crippen molar-refractivity contribution in [3.63, 3.8) is 0 Å². The fourth-order valence-electron chi connectivity index (χ4n) is 12.1. The third-order valence-electron chi connectivity index (χ3n) is 18.1. The number of hydrogen-bond acceptors (Lipinski definition) is 5. The van der Waals surface area contributed by atoms with Crippen LogP contribution in [0.25, 0.3) is 0 Å². The maximum atomic E-state index is 12.6. The largest absolute Gasteiger partial charge is 0.466 e. The summed E-state index contributed by atoms with van der Waals surface area (Å²) >= 11 is 0. The molecular formula is C80H151NO5. The normalized spacial score (nSPS) is 12.7. The van der Waals surface area contributed by atoms with Crippen molar-refractivity contribution >= 4 is 11.9 Å². The van der Waals surface area contributed by atoms with Crippen molar-refractivity contribution in [3.05, 3.63) is 48.6 Å². The maximum Gasteiger partial charge on any atom is 0.305 e. The lowest BCUT2D eigenvalue weighted by atomic mass is 10.0. The molecule has 3 N–H and O–H groups in total. The first-order valence-corrected chi connectivity index (χ1v) is 38.9. The van der Waals surface area contributed by atoms with Crippen molar-refractivity contribution < 1.29 is 24.5 Å². The molecule has 2 atom stereocenters. The number of nitrogens with one attached hydrogen (secondary N) is 1. The van der Waals surface area contributed by atoms with E-state index >= 15 is 0 Å². The van der Waals surface area contributed by atoms with Crippen molar-refractivity contribution in [2.45, 2.75) is 437 Å². The van der Waals surface area contributed by atoms with Gasteiger partial charge in [-0.3, -0.25) is 9.59 Å². The Bertz CT molecular complexity index is 1440. The average Bonchev–Trinajstić information content (AvgIpc) is 3.54. The Morgan fingerprint density at radius 1 is 0.326 bits per heavy atom. The highest BCUT2D eigenvalue weighted by Gasteiger charge is 2.18. The van der Waals surface area contributed by atoms with Crippen molar-refractivity contribution in [2.24, 2.45) is 0 Å². The zero-order chi connectivity index (χ0) is 62.0. The predicted molar refractivity (Wildman–Crippen MR) is 379 cm³/mol. The van der Waals surface area contributed by atoms with E-state index in [1.165, 1.54) is 347 Å². The molecule has 0 radical (unpaired) electrons. The van der Waals surface area contributed by atoms with Gasteiger partial charge >= 0.3 is 5.97 Å². The van der Waals surface area contributed by atoms with Gasteiger partial charge in [-0.05, 0) is 89.9 Å². The molecular weight excluding hydrogens is 1050 g/mol. The number of unbranched alkanes of at least 4 members (excludes halogenated alkanes) is 56. The van der Waals surface area contributed by atoms with Gasteiger partial charge in [0.05, 0.1) is 25.4 Å². The van der Waals surface area contributed by atoms with Gasteiger partial charge in [-0.15, -0.1) is 0 Å². The Labute approximate surface area is 537 Å². The molecule has 0 aliphatic heterocycles. The Kier molecular flexibility index (Phi) is 73.4. The molecule has 6 heteroatoms. The second-order valence-electron chi connectivity index (χ2n) is 26.7. The van der Waals surface area contributed by atoms with Gasteiger partial charge in [0.1, 0.15) is 0 Å². The predicted octanol–water partition coefficient (Wildman–Crippen LogP) is 25.6. The smallest absolute Gasteiger partial charge is 0.305 e. The van der Waals surface area contributed by atoms with Gasteiger partial charge in [0.25, 0.3) is 0 Å². The fourth-order valence-corrected chi connectivity index (χ4v) is 12.1. The average molecular weight is 1210 g/mol. The first kappa shape index (κ1) is 83.8. The van der Waals surface area contributed by atoms with Crippen LogP contribution in [0.2, 0.25) is 0 Å². The number of carbonyl (C=O) groups excluding carboxylic acids is 2. The minimum absolute atomic E-state index is 0.00422. The first-order valence-electron chi connectivity index (χ1n) is 38.9. The molecule has 0 aromatic carbocycles. The van der Waals surface area contributed by atoms with Crippen LogP contribution in [-0.4, -0.2) is 47.4 Å². The van der Waals surface area contributed by atoms with Crippen LogP contribution in [0, 0.1) is 0 Å². The summed E-state index contributed by atoms with van der Waals surface area (Å²) in [5.74, 6) is -0.0605. The summed E-state index contributed by atoms with van der Waals surface area (Å²) in [6.45, 7) is 4.93. The van der Waals surface area contributed by atoms with Gasteiger partial charge in [0.15, 0.2) is 0 Å². The SMILES string of the molecule is CCCCCCCC/C=C\CCCCCCCC(=O)OCCCCCCCCCCC/C=C\C/C=C\CCCCCCCCCCCCCCCC(=O)NC(CO)C(O)/C=C/CCCCCCCCCCCCCCCCCCCCCCCCC. The minimum atomic E-state index is -0.848. The van der Waals surface area contributed by atoms with Crippen LogP contribution in [-0.2, 0) is 14.3 Å². The highest BCUT2D eigenvalue weighted by atomic mass is 16.5. The van der Waals surface area contributed by atoms with E-state index in [1.54, 1.807) is 6.08 Å². The van der Waals surface area contributed by atoms with Crippen molar-refractivity contribution in [1.29, 1.82) is 0 Å². The number of esters is 1. The summed E-state index contributed by atoms with van der Waals surface area (Å²) < 4.78 is 5.49. The number of aliphatic hydroxyl groups excluding tert-OH is 2. The monoisotopic (exact) mass is 1210 g/mol. The lowest BCUT2D eigenvalue weighted by Crippen LogP contribution is -2.45. The topological polar surface area (TPSA) is 95.9 Å². The summed E-state index contributed by atoms with van der Waals surface area (Å²) in [4.78, 5) is 24.6. The molecule has 0 spiro atoms. The van der Waals surface area contributed by atoms with Crippen LogP contribution < -0.4 is 5.32 Å². The van der Waals surface area contributed by atoms with Crippen LogP contribution in [0.3, 0.4) is 0 Å². The molecule has 0 aromatic heterocycles. The van der Waals surface area contributed by atoms with Crippen LogP contribution in [0.1, 0.15) is 425 Å². The summed E-state index contributed by atoms with van der Waals surface area (Å²) in [6, 6.07) is -0.631. The van der Waals surface area contributed by atoms with Gasteiger partial charge in [0.2, 0.25) is 5.91 Å². The molecule has 0 aliphatic carbocycles. The number of ether oxygens (including phenoxy) is 1. The first-order chi connectivity index (χ1) is 42.5. The van der Waals surface area contributed by atoms with E-state index in [9.17, 15) is 19.8 Å². The molecule has 0 aromatic rings. The van der Waals surface area contributed by atoms with Gasteiger partial charge in [-0.1, -0.05) is 371 Å². The van der Waals surface area contributed by atoms with Crippen molar-refractivity contribution in [1.82, 2.24) is 5.32 Å². The molecule has 0 saturated carbocycles. The quantitative estimate of drug-likeness (QED) is 0.0320. The Morgan fingerprint density at radius 2 is 0.581 bits per heavy atom. The third kappa shape index (κ3) is 70.9. The molecule has 506 valence electrons. The zero-order valence-electron chi connectivity index (χ0n) is 58.1.